The van der Waals surface area contributed by atoms with Gasteiger partial charge in [-0.2, -0.15) is 9.13 Å². The highest BCUT2D eigenvalue weighted by Crippen LogP contribution is 2.40. The third-order valence-corrected chi connectivity index (χ3v) is 21.7. The lowest BCUT2D eigenvalue weighted by Gasteiger charge is -2.02. The van der Waals surface area contributed by atoms with E-state index in [1.807, 2.05) is 136 Å². The van der Waals surface area contributed by atoms with E-state index in [1.165, 1.54) is 76.6 Å². The van der Waals surface area contributed by atoms with E-state index in [-0.39, 0.29) is 0 Å². The molecular formula is C79H58N23OS+5. The second-order valence-corrected chi connectivity index (χ2v) is 27.1. The molecule has 0 saturated carbocycles. The molecule has 24 nitrogen and oxygen atoms in total. The monoisotopic (exact) mass is 1380 g/mol. The van der Waals surface area contributed by atoms with Crippen molar-refractivity contribution in [1.29, 1.82) is 0 Å². The number of hydrogen-bond donors (Lipinski definition) is 0. The number of thiophene rings is 1. The zero-order valence-corrected chi connectivity index (χ0v) is 56.0. The Bertz CT molecular complexity index is 7260. The minimum absolute atomic E-state index is 0.637. The molecule has 5 aliphatic rings. The van der Waals surface area contributed by atoms with E-state index >= 15 is 0 Å². The van der Waals surface area contributed by atoms with E-state index in [0.29, 0.717) is 30.4 Å². The number of para-hydroxylation sites is 1. The summed E-state index contributed by atoms with van der Waals surface area (Å²) in [7, 11) is 2.11. The Hall–Kier alpha value is -13.8. The lowest BCUT2D eigenvalue weighted by molar-refractivity contribution is -0.649. The summed E-state index contributed by atoms with van der Waals surface area (Å²) in [6.07, 6.45) is 35.1. The van der Waals surface area contributed by atoms with Gasteiger partial charge in [0.15, 0.2) is 39.9 Å². The molecular weight excluding hydrogens is 1320 g/mol. The largest absolute Gasteiger partial charge is 0.385 e. The van der Waals surface area contributed by atoms with Crippen molar-refractivity contribution in [2.75, 3.05) is 0 Å². The summed E-state index contributed by atoms with van der Waals surface area (Å²) in [4.78, 5) is 45.0. The molecule has 0 spiro atoms. The first-order valence-electron chi connectivity index (χ1n) is 36.8. The average molecular weight is 1380 g/mol. The smallest absolute Gasteiger partial charge is 0.380 e. The van der Waals surface area contributed by atoms with Gasteiger partial charge < -0.3 is 4.42 Å². The van der Waals surface area contributed by atoms with E-state index in [2.05, 4.69) is 160 Å². The van der Waals surface area contributed by atoms with Crippen LogP contribution in [0, 0.1) is 0 Å². The van der Waals surface area contributed by atoms with Gasteiger partial charge in [-0.25, -0.2) is 65.7 Å². The second kappa shape index (κ2) is 22.1. The van der Waals surface area contributed by atoms with Crippen molar-refractivity contribution in [1.82, 2.24) is 85.7 Å². The SMILES string of the molecule is C[n+]1c2n(c3cc4ncccn4c31)Cc1ccncc1-2.[2H]C([2H])([2H])[n+]1c2n(c3cc4ncccn4c31)Cc1ccncc1-2.[2H]C([2H])([2H])n1c2[n+](c3sc4ncccc4c31)Cc1ccncc1-2.c1ccc(-n2c3[n+](c4cc5ncccn5c42)Cc2ccncc2-3)cc1.c1cnc2cc3c(oc4[n+]3Cc3ccncc3-4)n2c1. The maximum Gasteiger partial charge on any atom is 0.385 e. The number of fused-ring (bicyclic) bond motifs is 35. The number of pyridine rings is 6. The maximum atomic E-state index is 8.04. The van der Waals surface area contributed by atoms with E-state index in [4.69, 9.17) is 12.6 Å². The number of nitrogens with zero attached hydrogens (tertiary/aromatic N) is 23. The standard InChI is InChI=1S/C20H14N5.2C15H12N5.C15H11N4S.C14H9N4O/c1-2-5-15(6-3-1)25-19-16-12-21-9-7-14(16)13-24(19)17-11-18-22-8-4-10-23(18)20(17)25;2*1-18-14-11-8-16-5-3-10(11)9-20(14)12-7-13-17-4-2-6-19(13)15(12)18;1-18-12-10-3-2-5-17-13(10)20-15(12)19-8-9-4-6-16-7-11(9)14(18)19;1-3-16-12-6-11-14(17(12)5-1)19-13-10-7-15-4-2-9(10)8-18(11)13/h1-12H,13H2;2*2-8H,9H2,1H3;2-7H,8H2,1H3;1-7H,8H2/q5*+1/i;1D3;;1D3;. The molecule has 1 aromatic carbocycles. The van der Waals surface area contributed by atoms with Gasteiger partial charge >= 0.3 is 5.89 Å². The molecule has 21 aromatic rings. The number of imidazole rings is 4. The van der Waals surface area contributed by atoms with Gasteiger partial charge in [0, 0.05) is 151 Å². The number of aromatic nitrogens is 23. The third kappa shape index (κ3) is 8.30. The molecule has 0 bridgehead atoms. The van der Waals surface area contributed by atoms with Gasteiger partial charge in [0.25, 0.3) is 39.8 Å². The molecule has 0 fully saturated rings. The summed E-state index contributed by atoms with van der Waals surface area (Å²) in [5.74, 6) is 4.66. The summed E-state index contributed by atoms with van der Waals surface area (Å²) in [6, 6.07) is 40.3. The van der Waals surface area contributed by atoms with Crippen LogP contribution in [0.2, 0.25) is 0 Å². The summed E-state index contributed by atoms with van der Waals surface area (Å²) >= 11 is 1.54. The molecule has 0 radical (unpaired) electrons. The topological polar surface area (TPSA) is 199 Å². The van der Waals surface area contributed by atoms with E-state index < -0.39 is 14.0 Å². The van der Waals surface area contributed by atoms with Crippen molar-refractivity contribution in [3.05, 3.63) is 267 Å². The molecule has 0 unspecified atom stereocenters. The quantitative estimate of drug-likeness (QED) is 0.142. The van der Waals surface area contributed by atoms with Gasteiger partial charge in [-0.05, 0) is 78.9 Å². The van der Waals surface area contributed by atoms with Gasteiger partial charge in [-0.1, -0.05) is 29.5 Å². The molecule has 25 heteroatoms. The fourth-order valence-electron chi connectivity index (χ4n) is 16.1. The van der Waals surface area contributed by atoms with Gasteiger partial charge in [0.2, 0.25) is 16.5 Å². The van der Waals surface area contributed by atoms with Crippen LogP contribution in [0.25, 0.3) is 151 Å². The Labute approximate surface area is 600 Å². The van der Waals surface area contributed by atoms with Crippen molar-refractivity contribution >= 4 is 99.2 Å². The Morgan fingerprint density at radius 2 is 0.962 bits per heavy atom. The number of aryl methyl sites for hydroxylation is 3. The van der Waals surface area contributed by atoms with E-state index in [1.54, 1.807) is 49.4 Å². The van der Waals surface area contributed by atoms with Crippen LogP contribution in [-0.2, 0) is 53.7 Å². The van der Waals surface area contributed by atoms with Crippen LogP contribution >= 0.6 is 11.3 Å². The second-order valence-electron chi connectivity index (χ2n) is 26.1. The Morgan fingerprint density at radius 1 is 0.452 bits per heavy atom. The van der Waals surface area contributed by atoms with Crippen LogP contribution in [0.1, 0.15) is 36.0 Å². The first kappa shape index (κ1) is 52.2. The maximum absolute atomic E-state index is 8.04. The van der Waals surface area contributed by atoms with E-state index in [0.717, 1.165) is 125 Å². The molecule has 0 saturated heterocycles. The van der Waals surface area contributed by atoms with Gasteiger partial charge in [0.05, 0.1) is 88.4 Å². The van der Waals surface area contributed by atoms with Crippen LogP contribution < -0.4 is 22.8 Å². The van der Waals surface area contributed by atoms with Crippen LogP contribution in [0.3, 0.4) is 0 Å². The highest BCUT2D eigenvalue weighted by Gasteiger charge is 2.41. The lowest BCUT2D eigenvalue weighted by atomic mass is 10.2. The number of hydrogen-bond acceptors (Lipinski definition) is 12. The molecule has 25 heterocycles. The molecule has 26 rings (SSSR count). The molecule has 5 aliphatic heterocycles. The average Bonchev–Trinajstić information content (AvgIpc) is 1.74. The first-order valence-corrected chi connectivity index (χ1v) is 34.6. The summed E-state index contributed by atoms with van der Waals surface area (Å²) in [5.41, 5.74) is 24.9. The van der Waals surface area contributed by atoms with Crippen LogP contribution in [0.15, 0.2) is 243 Å². The van der Waals surface area contributed by atoms with Crippen molar-refractivity contribution in [2.24, 2.45) is 21.0 Å². The fourth-order valence-corrected chi connectivity index (χ4v) is 17.2. The Morgan fingerprint density at radius 3 is 1.60 bits per heavy atom. The number of benzene rings is 1. The molecule has 0 atom stereocenters. The zero-order chi connectivity index (χ0) is 73.6. The Kier molecular flexibility index (Phi) is 11.1. The van der Waals surface area contributed by atoms with Gasteiger partial charge in [-0.15, -0.1) is 0 Å². The van der Waals surface area contributed by atoms with Crippen molar-refractivity contribution < 1.29 is 35.5 Å². The van der Waals surface area contributed by atoms with Crippen molar-refractivity contribution in [3.63, 3.8) is 0 Å². The molecule has 0 aliphatic carbocycles. The summed E-state index contributed by atoms with van der Waals surface area (Å²) < 4.78 is 80.7. The minimum Gasteiger partial charge on any atom is -0.380 e. The summed E-state index contributed by atoms with van der Waals surface area (Å²) in [5, 5.41) is 0.885. The number of oxazole rings is 1. The van der Waals surface area contributed by atoms with Gasteiger partial charge in [-0.3, -0.25) is 33.7 Å². The lowest BCUT2D eigenvalue weighted by Crippen LogP contribution is -2.31. The number of rotatable bonds is 1. The predicted octanol–water partition coefficient (Wildman–Crippen LogP) is 10.4. The minimum atomic E-state index is -2.29. The highest BCUT2D eigenvalue weighted by atomic mass is 32.1. The Balaban J connectivity index is 0.0000000850. The zero-order valence-electron chi connectivity index (χ0n) is 61.2. The molecule has 496 valence electrons. The van der Waals surface area contributed by atoms with Gasteiger partial charge in [0.1, 0.15) is 40.5 Å². The molecule has 0 amide bonds. The molecule has 20 aromatic heterocycles. The first-order chi connectivity index (χ1) is 53.8. The predicted molar refractivity (Wildman–Crippen MR) is 389 cm³/mol. The molecule has 104 heavy (non-hydrogen) atoms. The van der Waals surface area contributed by atoms with Crippen molar-refractivity contribution in [2.45, 2.75) is 32.7 Å². The fraction of sp³-hybridized carbons (Fsp3) is 0.101. The van der Waals surface area contributed by atoms with Crippen molar-refractivity contribution in [3.8, 4) is 62.7 Å². The summed E-state index contributed by atoms with van der Waals surface area (Å²) in [6.45, 7) is -0.650. The molecule has 0 N–H and O–H groups in total. The van der Waals surface area contributed by atoms with E-state index in [9.17, 15) is 0 Å². The highest BCUT2D eigenvalue weighted by molar-refractivity contribution is 7.24. The van der Waals surface area contributed by atoms with Crippen LogP contribution in [0.5, 0.6) is 0 Å². The normalized spacial score (nSPS) is 14.0. The van der Waals surface area contributed by atoms with Crippen LogP contribution in [0.4, 0.5) is 0 Å². The third-order valence-electron chi connectivity index (χ3n) is 20.6. The van der Waals surface area contributed by atoms with Crippen LogP contribution in [-0.4, -0.2) is 85.7 Å².